The first-order valence-corrected chi connectivity index (χ1v) is 16.2. The highest BCUT2D eigenvalue weighted by atomic mass is 16.6. The number of allylic oxidation sites excluding steroid dienone is 1. The van der Waals surface area contributed by atoms with Gasteiger partial charge >= 0.3 is 23.9 Å². The SMILES string of the molecule is C=C1[C@@H](OC(=O)c2ccccc2)[C@H]2[C@@H](O)[C@](C)(OC(C)=O)C[C@]2(O)C(=O)[C@@H](C)/C=C/C(C)(C)[C@H](OC(C)=O)[C@H](O)[C@H]1OC(=O)c1ccccc1. The molecule has 50 heavy (non-hydrogen) atoms. The number of hydrogen-bond donors (Lipinski definition) is 3. The monoisotopic (exact) mass is 692 g/mol. The van der Waals surface area contributed by atoms with Gasteiger partial charge in [-0.05, 0) is 31.2 Å². The Balaban J connectivity index is 2.01. The predicted octanol–water partition coefficient (Wildman–Crippen LogP) is 3.52. The second-order valence-corrected chi connectivity index (χ2v) is 13.8. The van der Waals surface area contributed by atoms with Crippen LogP contribution >= 0.6 is 0 Å². The van der Waals surface area contributed by atoms with Gasteiger partial charge in [-0.3, -0.25) is 14.4 Å². The Morgan fingerprint density at radius 2 is 1.30 bits per heavy atom. The minimum absolute atomic E-state index is 0.0464. The average Bonchev–Trinajstić information content (AvgIpc) is 3.26. The highest BCUT2D eigenvalue weighted by molar-refractivity contribution is 5.93. The van der Waals surface area contributed by atoms with Gasteiger partial charge in [-0.1, -0.05) is 75.9 Å². The number of aliphatic hydroxyl groups is 3. The summed E-state index contributed by atoms with van der Waals surface area (Å²) in [4.78, 5) is 66.3. The van der Waals surface area contributed by atoms with E-state index in [1.54, 1.807) is 50.2 Å². The molecular weight excluding hydrogens is 648 g/mol. The van der Waals surface area contributed by atoms with Gasteiger partial charge in [0.1, 0.15) is 35.6 Å². The number of hydrogen-bond acceptors (Lipinski definition) is 12. The van der Waals surface area contributed by atoms with Gasteiger partial charge in [-0.2, -0.15) is 0 Å². The van der Waals surface area contributed by atoms with Gasteiger partial charge in [0.2, 0.25) is 0 Å². The van der Waals surface area contributed by atoms with Crippen LogP contribution in [0.5, 0.6) is 0 Å². The van der Waals surface area contributed by atoms with Crippen molar-refractivity contribution < 1.29 is 58.2 Å². The maximum Gasteiger partial charge on any atom is 0.338 e. The zero-order chi connectivity index (χ0) is 37.2. The lowest BCUT2D eigenvalue weighted by atomic mass is 9.72. The van der Waals surface area contributed by atoms with E-state index in [-0.39, 0.29) is 16.7 Å². The molecule has 0 spiro atoms. The highest BCUT2D eigenvalue weighted by Crippen LogP contribution is 2.51. The summed E-state index contributed by atoms with van der Waals surface area (Å²) in [5.41, 5.74) is -5.89. The maximum atomic E-state index is 14.3. The summed E-state index contributed by atoms with van der Waals surface area (Å²) in [7, 11) is 0. The zero-order valence-electron chi connectivity index (χ0n) is 28.9. The molecule has 1 saturated carbocycles. The third kappa shape index (κ3) is 7.72. The van der Waals surface area contributed by atoms with Gasteiger partial charge in [0.05, 0.1) is 17.0 Å². The second-order valence-electron chi connectivity index (χ2n) is 13.8. The van der Waals surface area contributed by atoms with Gasteiger partial charge < -0.3 is 34.3 Å². The van der Waals surface area contributed by atoms with Gasteiger partial charge in [0.25, 0.3) is 0 Å². The molecule has 2 aromatic rings. The standard InChI is InChI=1S/C38H44O12/c1-21-18-19-36(5,6)33(47-23(3)39)28(41)30(49-35(45)26-16-12-9-13-17-26)22(2)29(48-34(44)25-14-10-8-11-15-25)27-32(43)37(7,50-24(4)40)20-38(27,46)31(21)42/h8-19,21,27-30,32-33,41,43,46H,2,20H2,1,3-7H3/b19-18+/t21-,27-,28+,29+,30-,32+,33+,37+,38+/m0/s1. The third-order valence-corrected chi connectivity index (χ3v) is 9.36. The number of ketones is 1. The molecule has 0 bridgehead atoms. The lowest BCUT2D eigenvalue weighted by Gasteiger charge is -2.42. The first-order chi connectivity index (χ1) is 23.3. The van der Waals surface area contributed by atoms with Gasteiger partial charge in [0, 0.05) is 37.2 Å². The zero-order valence-corrected chi connectivity index (χ0v) is 28.9. The molecule has 2 aliphatic rings. The summed E-state index contributed by atoms with van der Waals surface area (Å²) >= 11 is 0. The van der Waals surface area contributed by atoms with E-state index < -0.39 is 95.1 Å². The van der Waals surface area contributed by atoms with Crippen LogP contribution in [0, 0.1) is 17.3 Å². The van der Waals surface area contributed by atoms with Gasteiger partial charge in [-0.15, -0.1) is 0 Å². The number of benzene rings is 2. The second kappa shape index (κ2) is 14.7. The molecule has 12 heteroatoms. The van der Waals surface area contributed by atoms with Crippen molar-refractivity contribution in [3.05, 3.63) is 96.1 Å². The molecule has 0 radical (unpaired) electrons. The normalized spacial score (nSPS) is 33.1. The first-order valence-electron chi connectivity index (χ1n) is 16.2. The van der Waals surface area contributed by atoms with E-state index in [9.17, 15) is 39.3 Å². The minimum atomic E-state index is -2.53. The van der Waals surface area contributed by atoms with E-state index in [0.717, 1.165) is 13.8 Å². The van der Waals surface area contributed by atoms with Crippen molar-refractivity contribution >= 4 is 29.7 Å². The van der Waals surface area contributed by atoms with Crippen LogP contribution in [0.4, 0.5) is 0 Å². The molecule has 12 nitrogen and oxygen atoms in total. The number of carbonyl (C=O) groups excluding carboxylic acids is 5. The Bertz CT molecular complexity index is 1650. The van der Waals surface area contributed by atoms with Crippen molar-refractivity contribution in [1.82, 2.24) is 0 Å². The van der Waals surface area contributed by atoms with Crippen molar-refractivity contribution in [1.29, 1.82) is 0 Å². The summed E-state index contributed by atoms with van der Waals surface area (Å²) < 4.78 is 23.0. The largest absolute Gasteiger partial charge is 0.459 e. The Hall–Kier alpha value is -4.65. The molecule has 268 valence electrons. The summed E-state index contributed by atoms with van der Waals surface area (Å²) in [5.74, 6) is -7.17. The fourth-order valence-corrected chi connectivity index (χ4v) is 6.88. The van der Waals surface area contributed by atoms with Crippen LogP contribution < -0.4 is 0 Å². The summed E-state index contributed by atoms with van der Waals surface area (Å²) in [6, 6.07) is 15.5. The highest BCUT2D eigenvalue weighted by Gasteiger charge is 2.67. The van der Waals surface area contributed by atoms with Crippen LogP contribution in [-0.4, -0.2) is 86.7 Å². The molecule has 2 aromatic carbocycles. The van der Waals surface area contributed by atoms with Crippen LogP contribution in [0.2, 0.25) is 0 Å². The Labute approximate surface area is 290 Å². The van der Waals surface area contributed by atoms with E-state index in [2.05, 4.69) is 6.58 Å². The molecule has 9 atom stereocenters. The molecule has 4 rings (SSSR count). The van der Waals surface area contributed by atoms with E-state index in [1.165, 1.54) is 50.3 Å². The molecule has 0 aromatic heterocycles. The van der Waals surface area contributed by atoms with E-state index in [4.69, 9.17) is 18.9 Å². The summed E-state index contributed by atoms with van der Waals surface area (Å²) in [5, 5.41) is 36.4. The van der Waals surface area contributed by atoms with Crippen molar-refractivity contribution in [3.63, 3.8) is 0 Å². The lowest BCUT2D eigenvalue weighted by molar-refractivity contribution is -0.170. The Morgan fingerprint density at radius 1 is 0.800 bits per heavy atom. The minimum Gasteiger partial charge on any atom is -0.459 e. The van der Waals surface area contributed by atoms with Crippen LogP contribution in [0.25, 0.3) is 0 Å². The Kier molecular flexibility index (Phi) is 11.2. The number of fused-ring (bicyclic) bond motifs is 1. The smallest absolute Gasteiger partial charge is 0.338 e. The fourth-order valence-electron chi connectivity index (χ4n) is 6.88. The van der Waals surface area contributed by atoms with Crippen molar-refractivity contribution in [2.75, 3.05) is 0 Å². The van der Waals surface area contributed by atoms with Crippen LogP contribution in [0.3, 0.4) is 0 Å². The van der Waals surface area contributed by atoms with E-state index in [1.807, 2.05) is 0 Å². The van der Waals surface area contributed by atoms with Gasteiger partial charge in [0.15, 0.2) is 11.9 Å². The van der Waals surface area contributed by atoms with E-state index in [0.29, 0.717) is 0 Å². The molecule has 0 amide bonds. The number of ether oxygens (including phenoxy) is 4. The maximum absolute atomic E-state index is 14.3. The molecule has 1 fully saturated rings. The van der Waals surface area contributed by atoms with Crippen LogP contribution in [0.1, 0.15) is 68.7 Å². The number of rotatable bonds is 6. The van der Waals surface area contributed by atoms with Crippen molar-refractivity contribution in [3.8, 4) is 0 Å². The molecule has 0 unspecified atom stereocenters. The first kappa shape index (κ1) is 38.2. The third-order valence-electron chi connectivity index (χ3n) is 9.36. The predicted molar refractivity (Wildman–Crippen MR) is 178 cm³/mol. The van der Waals surface area contributed by atoms with Crippen molar-refractivity contribution in [2.24, 2.45) is 17.3 Å². The number of aliphatic hydroxyl groups excluding tert-OH is 2. The molecule has 0 heterocycles. The van der Waals surface area contributed by atoms with Gasteiger partial charge in [-0.25, -0.2) is 9.59 Å². The van der Waals surface area contributed by atoms with Crippen molar-refractivity contribution in [2.45, 2.75) is 89.7 Å². The molecule has 0 saturated heterocycles. The number of esters is 4. The quantitative estimate of drug-likeness (QED) is 0.228. The topological polar surface area (TPSA) is 183 Å². The lowest BCUT2D eigenvalue weighted by Crippen LogP contribution is -2.57. The summed E-state index contributed by atoms with van der Waals surface area (Å²) in [6.45, 7) is 12.3. The fraction of sp³-hybridized carbons (Fsp3) is 0.447. The number of Topliss-reactive ketones (excluding diaryl/α,β-unsaturated/α-hetero) is 1. The molecule has 3 N–H and O–H groups in total. The molecule has 0 aliphatic heterocycles. The Morgan fingerprint density at radius 3 is 1.78 bits per heavy atom. The molecular formula is C38H44O12. The van der Waals surface area contributed by atoms with E-state index >= 15 is 0 Å². The van der Waals surface area contributed by atoms with Crippen LogP contribution in [0.15, 0.2) is 85.0 Å². The average molecular weight is 693 g/mol. The molecule has 2 aliphatic carbocycles. The number of carbonyl (C=O) groups is 5. The summed E-state index contributed by atoms with van der Waals surface area (Å²) in [6.07, 6.45) is -6.53. The van der Waals surface area contributed by atoms with Crippen LogP contribution in [-0.2, 0) is 33.3 Å².